The monoisotopic (exact) mass is 558 g/mol. The lowest BCUT2D eigenvalue weighted by atomic mass is 9.99. The zero-order chi connectivity index (χ0) is 28.9. The Morgan fingerprint density at radius 1 is 0.821 bits per heavy atom. The van der Waals surface area contributed by atoms with Crippen LogP contribution >= 0.6 is 11.8 Å². The van der Waals surface area contributed by atoms with E-state index >= 15 is 0 Å². The van der Waals surface area contributed by atoms with Crippen molar-refractivity contribution in [2.24, 2.45) is 11.7 Å². The van der Waals surface area contributed by atoms with Crippen LogP contribution in [0.15, 0.2) is 54.6 Å². The van der Waals surface area contributed by atoms with E-state index < -0.39 is 47.9 Å². The molecule has 2 rings (SSSR count). The molecule has 0 saturated heterocycles. The molecule has 0 aliphatic rings. The lowest BCUT2D eigenvalue weighted by molar-refractivity contribution is -0.142. The van der Waals surface area contributed by atoms with Crippen LogP contribution in [0.1, 0.15) is 31.4 Å². The van der Waals surface area contributed by atoms with Crippen LogP contribution in [0.3, 0.4) is 0 Å². The van der Waals surface area contributed by atoms with E-state index in [2.05, 4.69) is 16.0 Å². The minimum Gasteiger partial charge on any atom is -0.508 e. The molecule has 39 heavy (non-hydrogen) atoms. The summed E-state index contributed by atoms with van der Waals surface area (Å²) in [7, 11) is 0. The number of carboxylic acid groups (broad SMARTS) is 1. The number of aliphatic carboxylic acids is 1. The van der Waals surface area contributed by atoms with Gasteiger partial charge in [-0.05, 0) is 47.6 Å². The van der Waals surface area contributed by atoms with Crippen LogP contribution < -0.4 is 21.7 Å². The number of rotatable bonds is 15. The van der Waals surface area contributed by atoms with Crippen molar-refractivity contribution in [2.75, 3.05) is 12.0 Å². The second-order valence-corrected chi connectivity index (χ2v) is 10.6. The smallest absolute Gasteiger partial charge is 0.326 e. The number of hydrogen-bond donors (Lipinski definition) is 6. The lowest BCUT2D eigenvalue weighted by Gasteiger charge is -2.27. The zero-order valence-electron chi connectivity index (χ0n) is 22.4. The molecule has 2 aromatic rings. The second-order valence-electron chi connectivity index (χ2n) is 9.64. The number of benzene rings is 2. The van der Waals surface area contributed by atoms with Gasteiger partial charge in [0.05, 0.1) is 6.04 Å². The Labute approximate surface area is 233 Å². The number of nitrogens with one attached hydrogen (secondary N) is 3. The molecule has 2 aromatic carbocycles. The summed E-state index contributed by atoms with van der Waals surface area (Å²) in [6, 6.07) is 11.0. The number of amides is 3. The van der Waals surface area contributed by atoms with Gasteiger partial charge in [0.25, 0.3) is 0 Å². The lowest BCUT2D eigenvalue weighted by Crippen LogP contribution is -2.59. The molecule has 7 N–H and O–H groups in total. The molecule has 0 aliphatic carbocycles. The summed E-state index contributed by atoms with van der Waals surface area (Å²) in [6.45, 7) is 3.45. The summed E-state index contributed by atoms with van der Waals surface area (Å²) in [5.74, 6) is -2.60. The minimum atomic E-state index is -1.20. The number of hydrogen-bond acceptors (Lipinski definition) is 7. The maximum atomic E-state index is 13.4. The topological polar surface area (TPSA) is 171 Å². The fourth-order valence-electron chi connectivity index (χ4n) is 3.83. The van der Waals surface area contributed by atoms with Crippen molar-refractivity contribution in [3.8, 4) is 5.75 Å². The molecule has 0 saturated carbocycles. The van der Waals surface area contributed by atoms with Gasteiger partial charge >= 0.3 is 5.97 Å². The molecule has 0 aromatic heterocycles. The fraction of sp³-hybridized carbons (Fsp3) is 0.429. The van der Waals surface area contributed by atoms with E-state index in [-0.39, 0.29) is 24.5 Å². The van der Waals surface area contributed by atoms with Gasteiger partial charge in [0.15, 0.2) is 0 Å². The van der Waals surface area contributed by atoms with E-state index in [0.29, 0.717) is 17.7 Å². The fourth-order valence-corrected chi connectivity index (χ4v) is 4.32. The largest absolute Gasteiger partial charge is 0.508 e. The van der Waals surface area contributed by atoms with Crippen molar-refractivity contribution in [1.82, 2.24) is 16.0 Å². The number of carbonyl (C=O) groups is 4. The van der Waals surface area contributed by atoms with Crippen LogP contribution in [0, 0.1) is 5.92 Å². The van der Waals surface area contributed by atoms with Crippen molar-refractivity contribution < 1.29 is 29.4 Å². The molecule has 0 spiro atoms. The Kier molecular flexibility index (Phi) is 12.8. The predicted molar refractivity (Wildman–Crippen MR) is 151 cm³/mol. The normalized spacial score (nSPS) is 14.1. The number of carbonyl (C=O) groups excluding carboxylic acids is 3. The van der Waals surface area contributed by atoms with Gasteiger partial charge in [0.2, 0.25) is 17.7 Å². The standard InChI is InChI=1S/C28H38N4O6S/c1-17(2)24(27(36)31-23(28(37)38)16-18-7-5-4-6-8-18)32-26(35)22(15-19-9-11-20(33)12-10-19)30-25(34)21(29)13-14-39-3/h4-12,17,21-24,33H,13-16,29H2,1-3H3,(H,30,34)(H,31,36)(H,32,35)(H,37,38). The highest BCUT2D eigenvalue weighted by molar-refractivity contribution is 7.98. The van der Waals surface area contributed by atoms with Crippen molar-refractivity contribution in [3.05, 3.63) is 65.7 Å². The average molecular weight is 559 g/mol. The molecule has 10 nitrogen and oxygen atoms in total. The van der Waals surface area contributed by atoms with Crippen molar-refractivity contribution in [1.29, 1.82) is 0 Å². The van der Waals surface area contributed by atoms with Crippen molar-refractivity contribution >= 4 is 35.5 Å². The van der Waals surface area contributed by atoms with Crippen LogP contribution in [-0.2, 0) is 32.0 Å². The highest BCUT2D eigenvalue weighted by Gasteiger charge is 2.32. The number of phenols is 1. The molecule has 0 aliphatic heterocycles. The van der Waals surface area contributed by atoms with E-state index in [4.69, 9.17) is 5.73 Å². The van der Waals surface area contributed by atoms with Gasteiger partial charge < -0.3 is 31.9 Å². The molecular weight excluding hydrogens is 520 g/mol. The number of carboxylic acids is 1. The summed E-state index contributed by atoms with van der Waals surface area (Å²) in [5, 5.41) is 27.2. The highest BCUT2D eigenvalue weighted by Crippen LogP contribution is 2.13. The molecule has 0 heterocycles. The van der Waals surface area contributed by atoms with Crippen LogP contribution in [0.4, 0.5) is 0 Å². The molecule has 11 heteroatoms. The number of phenolic OH excluding ortho intramolecular Hbond substituents is 1. The van der Waals surface area contributed by atoms with E-state index in [0.717, 1.165) is 5.56 Å². The Morgan fingerprint density at radius 3 is 1.95 bits per heavy atom. The average Bonchev–Trinajstić information content (AvgIpc) is 2.90. The van der Waals surface area contributed by atoms with Gasteiger partial charge in [-0.2, -0.15) is 11.8 Å². The minimum absolute atomic E-state index is 0.0582. The van der Waals surface area contributed by atoms with Gasteiger partial charge in [-0.1, -0.05) is 56.3 Å². The molecular formula is C28H38N4O6S. The summed E-state index contributed by atoms with van der Waals surface area (Å²) >= 11 is 1.55. The Morgan fingerprint density at radius 2 is 1.38 bits per heavy atom. The molecule has 0 bridgehead atoms. The van der Waals surface area contributed by atoms with Crippen molar-refractivity contribution in [3.63, 3.8) is 0 Å². The van der Waals surface area contributed by atoms with Crippen LogP contribution in [0.5, 0.6) is 5.75 Å². The summed E-state index contributed by atoms with van der Waals surface area (Å²) in [4.78, 5) is 51.2. The third kappa shape index (κ3) is 10.6. The first kappa shape index (κ1) is 31.6. The maximum Gasteiger partial charge on any atom is 0.326 e. The Balaban J connectivity index is 2.19. The molecule has 212 valence electrons. The molecule has 0 radical (unpaired) electrons. The second kappa shape index (κ2) is 15.7. The number of nitrogens with two attached hydrogens (primary N) is 1. The summed E-state index contributed by atoms with van der Waals surface area (Å²) < 4.78 is 0. The molecule has 0 fully saturated rings. The number of aromatic hydroxyl groups is 1. The maximum absolute atomic E-state index is 13.4. The predicted octanol–water partition coefficient (Wildman–Crippen LogP) is 1.45. The van der Waals surface area contributed by atoms with E-state index in [1.54, 1.807) is 62.0 Å². The highest BCUT2D eigenvalue weighted by atomic mass is 32.2. The summed E-state index contributed by atoms with van der Waals surface area (Å²) in [5.41, 5.74) is 7.41. The molecule has 4 unspecified atom stereocenters. The first-order chi connectivity index (χ1) is 18.5. The van der Waals surface area contributed by atoms with Crippen LogP contribution in [-0.4, -0.2) is 70.1 Å². The molecule has 3 amide bonds. The first-order valence-electron chi connectivity index (χ1n) is 12.7. The number of thioether (sulfide) groups is 1. The van der Waals surface area contributed by atoms with Gasteiger partial charge in [-0.15, -0.1) is 0 Å². The van der Waals surface area contributed by atoms with Crippen molar-refractivity contribution in [2.45, 2.75) is 57.3 Å². The third-order valence-electron chi connectivity index (χ3n) is 6.12. The van der Waals surface area contributed by atoms with Crippen LogP contribution in [0.2, 0.25) is 0 Å². The van der Waals surface area contributed by atoms with Gasteiger partial charge in [0.1, 0.15) is 23.9 Å². The zero-order valence-corrected chi connectivity index (χ0v) is 23.2. The third-order valence-corrected chi connectivity index (χ3v) is 6.77. The molecule has 4 atom stereocenters. The van der Waals surface area contributed by atoms with Crippen LogP contribution in [0.25, 0.3) is 0 Å². The van der Waals surface area contributed by atoms with Gasteiger partial charge in [-0.25, -0.2) is 4.79 Å². The quantitative estimate of drug-likeness (QED) is 0.191. The Hall–Kier alpha value is -3.57. The van der Waals surface area contributed by atoms with Gasteiger partial charge in [0, 0.05) is 12.8 Å². The van der Waals surface area contributed by atoms with E-state index in [1.807, 2.05) is 12.3 Å². The van der Waals surface area contributed by atoms with Gasteiger partial charge in [-0.3, -0.25) is 14.4 Å². The Bertz CT molecular complexity index is 1100. The summed E-state index contributed by atoms with van der Waals surface area (Å²) in [6.07, 6.45) is 2.49. The van der Waals surface area contributed by atoms with E-state index in [1.165, 1.54) is 12.1 Å². The SMILES string of the molecule is CSCCC(N)C(=O)NC(Cc1ccc(O)cc1)C(=O)NC(C(=O)NC(Cc1ccccc1)C(=O)O)C(C)C. The first-order valence-corrected chi connectivity index (χ1v) is 14.1. The van der Waals surface area contributed by atoms with E-state index in [9.17, 15) is 29.4 Å².